The Hall–Kier alpha value is -1.66. The second kappa shape index (κ2) is 19.4. The fourth-order valence-corrected chi connectivity index (χ4v) is 16.2. The molecule has 0 aromatic heterocycles. The van der Waals surface area contributed by atoms with Crippen LogP contribution in [0.4, 0.5) is 0 Å². The molecule has 0 amide bonds. The van der Waals surface area contributed by atoms with E-state index in [2.05, 4.69) is 112 Å². The van der Waals surface area contributed by atoms with Gasteiger partial charge in [-0.15, -0.1) is 35.4 Å². The van der Waals surface area contributed by atoms with E-state index in [1.165, 1.54) is 44.5 Å². The molecule has 4 aromatic carbocycles. The first-order valence-electron chi connectivity index (χ1n) is 18.3. The van der Waals surface area contributed by atoms with Crippen molar-refractivity contribution in [1.82, 2.24) is 0 Å². The third-order valence-electron chi connectivity index (χ3n) is 11.7. The second-order valence-corrected chi connectivity index (χ2v) is 22.0. The van der Waals surface area contributed by atoms with Crippen LogP contribution in [0.15, 0.2) is 84.9 Å². The number of rotatable bonds is 5. The maximum atomic E-state index is 7.12. The maximum absolute atomic E-state index is 7.12. The minimum atomic E-state index is 0. The van der Waals surface area contributed by atoms with Crippen molar-refractivity contribution in [1.29, 1.82) is 0 Å². The molecule has 0 saturated carbocycles. The number of unbranched alkanes of at least 4 members (excludes halogenated alkanes) is 1. The Kier molecular flexibility index (Phi) is 16.0. The van der Waals surface area contributed by atoms with Gasteiger partial charge in [0.15, 0.2) is 0 Å². The van der Waals surface area contributed by atoms with E-state index >= 15 is 0 Å². The van der Waals surface area contributed by atoms with Gasteiger partial charge in [0.05, 0.1) is 35.0 Å². The van der Waals surface area contributed by atoms with Crippen molar-refractivity contribution < 1.29 is 44.8 Å². The molecule has 4 atom stereocenters. The van der Waals surface area contributed by atoms with Crippen LogP contribution in [0.2, 0.25) is 0 Å². The van der Waals surface area contributed by atoms with Gasteiger partial charge < -0.3 is 12.8 Å². The first kappa shape index (κ1) is 41.1. The van der Waals surface area contributed by atoms with Crippen molar-refractivity contribution in [3.05, 3.63) is 131 Å². The summed E-state index contributed by atoms with van der Waals surface area (Å²) in [5.74, 6) is 4.87. The van der Waals surface area contributed by atoms with Crippen LogP contribution in [-0.2, 0) is 57.6 Å². The smallest absolute Gasteiger partial charge is 0.366 e. The third-order valence-corrected chi connectivity index (χ3v) is 19.7. The molecule has 0 radical (unpaired) electrons. The molecule has 2 aliphatic heterocycles. The molecule has 2 heterocycles. The molecular formula is C46H52Au2P2+2. The molecule has 0 N–H and O–H groups in total. The predicted octanol–water partition coefficient (Wildman–Crippen LogP) is 11.7. The number of hydrogen-bond acceptors (Lipinski definition) is 0. The minimum absolute atomic E-state index is 0. The molecule has 266 valence electrons. The summed E-state index contributed by atoms with van der Waals surface area (Å²) in [5, 5.41) is 0. The van der Waals surface area contributed by atoms with Crippen LogP contribution in [0.1, 0.15) is 99.6 Å². The van der Waals surface area contributed by atoms with Gasteiger partial charge in [0.1, 0.15) is 0 Å². The Morgan fingerprint density at radius 3 is 1.20 bits per heavy atom. The molecule has 2 saturated heterocycles. The van der Waals surface area contributed by atoms with Gasteiger partial charge in [-0.3, -0.25) is 11.8 Å². The van der Waals surface area contributed by atoms with Crippen LogP contribution in [0.5, 0.6) is 0 Å². The van der Waals surface area contributed by atoms with E-state index in [4.69, 9.17) is 12.8 Å². The van der Waals surface area contributed by atoms with E-state index < -0.39 is 0 Å². The summed E-state index contributed by atoms with van der Waals surface area (Å²) < 4.78 is 0. The summed E-state index contributed by atoms with van der Waals surface area (Å²) in [6.07, 6.45) is 28.8. The van der Waals surface area contributed by atoms with Gasteiger partial charge in [-0.2, -0.15) is 0 Å². The molecule has 2 fully saturated rings. The number of fused-ring (bicyclic) bond motifs is 6. The van der Waals surface area contributed by atoms with Crippen molar-refractivity contribution in [2.75, 3.05) is 12.3 Å². The fourth-order valence-electron chi connectivity index (χ4n) is 8.80. The molecular weight excluding hydrogens is 1010 g/mol. The molecule has 4 heteroatoms. The van der Waals surface area contributed by atoms with Crippen LogP contribution in [0, 0.1) is 24.7 Å². The van der Waals surface area contributed by atoms with E-state index in [-0.39, 0.29) is 60.6 Å². The van der Waals surface area contributed by atoms with Crippen LogP contribution in [0.3, 0.4) is 0 Å². The van der Waals surface area contributed by atoms with Gasteiger partial charge in [0.25, 0.3) is 0 Å². The zero-order valence-electron chi connectivity index (χ0n) is 30.1. The molecule has 2 aliphatic carbocycles. The summed E-state index contributed by atoms with van der Waals surface area (Å²) in [7, 11) is 0.0434. The molecule has 4 aromatic rings. The van der Waals surface area contributed by atoms with Crippen LogP contribution < -0.4 is 0 Å². The Labute approximate surface area is 337 Å². The van der Waals surface area contributed by atoms with Crippen LogP contribution >= 0.6 is 15.8 Å². The van der Waals surface area contributed by atoms with Gasteiger partial charge in [-0.1, -0.05) is 71.8 Å². The van der Waals surface area contributed by atoms with E-state index in [1.807, 2.05) is 12.1 Å². The Balaban J connectivity index is 0.000000166. The van der Waals surface area contributed by atoms with Crippen LogP contribution in [0.25, 0.3) is 22.3 Å². The summed E-state index contributed by atoms with van der Waals surface area (Å²) in [6, 6.07) is 29.2. The Morgan fingerprint density at radius 2 is 0.840 bits per heavy atom. The number of benzene rings is 4. The number of hydrogen-bond donors (Lipinski definition) is 0. The Morgan fingerprint density at radius 1 is 0.500 bits per heavy atom. The second-order valence-electron chi connectivity index (χ2n) is 14.8. The largest absolute Gasteiger partial charge is 1.00 e. The van der Waals surface area contributed by atoms with Crippen molar-refractivity contribution >= 4 is 15.8 Å². The predicted molar refractivity (Wildman–Crippen MR) is 214 cm³/mol. The Bertz CT molecular complexity index is 1660. The average Bonchev–Trinajstić information content (AvgIpc) is 3.86. The molecule has 0 unspecified atom stereocenters. The normalized spacial score (nSPS) is 20.9. The quantitative estimate of drug-likeness (QED) is 0.0531. The maximum Gasteiger partial charge on any atom is 1.00 e. The van der Waals surface area contributed by atoms with Gasteiger partial charge in [0, 0.05) is 15.8 Å². The summed E-state index contributed by atoms with van der Waals surface area (Å²) in [6.45, 7) is 10.1. The van der Waals surface area contributed by atoms with E-state index in [1.54, 1.807) is 50.8 Å². The summed E-state index contributed by atoms with van der Waals surface area (Å²) in [4.78, 5) is 0. The first-order valence-corrected chi connectivity index (χ1v) is 22.1. The van der Waals surface area contributed by atoms with Crippen molar-refractivity contribution in [2.24, 2.45) is 0 Å². The van der Waals surface area contributed by atoms with Gasteiger partial charge in [-0.25, -0.2) is 0 Å². The molecule has 4 aliphatic rings. The van der Waals surface area contributed by atoms with Gasteiger partial charge in [-0.05, 0) is 112 Å². The van der Waals surface area contributed by atoms with E-state index in [0.29, 0.717) is 0 Å². The monoisotopic (exact) mass is 1060 g/mol. The third kappa shape index (κ3) is 9.65. The first-order chi connectivity index (χ1) is 23.4. The van der Waals surface area contributed by atoms with Crippen LogP contribution in [-0.4, -0.2) is 35.0 Å². The summed E-state index contributed by atoms with van der Waals surface area (Å²) >= 11 is 0. The standard InChI is InChI=1S/C16H32P2.2C15H9.2Au/c1-13-7-8-14(2)17(13)11-5-6-12-18-15(3)9-10-16(18)4;2*1-2-11-7-8-15-13(9-11)10-12-5-3-4-6-14(12)15;;/h13-16H,5-12H2,1-4H3;2*3-9H,10H2;;/q;2*-1;2*+1/p+2/t13-,14-,15-,16-;;;;/m0..../s1. The molecule has 0 nitrogen and oxygen atoms in total. The van der Waals surface area contributed by atoms with E-state index in [9.17, 15) is 0 Å². The zero-order valence-corrected chi connectivity index (χ0v) is 36.4. The van der Waals surface area contributed by atoms with Gasteiger partial charge in [0.2, 0.25) is 0 Å². The minimum Gasteiger partial charge on any atom is -0.366 e. The zero-order chi connectivity index (χ0) is 33.6. The summed E-state index contributed by atoms with van der Waals surface area (Å²) in [5.41, 5.74) is 16.9. The molecule has 0 spiro atoms. The van der Waals surface area contributed by atoms with Crippen molar-refractivity contribution in [3.8, 4) is 34.1 Å². The average molecular weight is 1060 g/mol. The molecule has 0 bridgehead atoms. The van der Waals surface area contributed by atoms with Crippen molar-refractivity contribution in [3.63, 3.8) is 0 Å². The topological polar surface area (TPSA) is 0 Å². The molecule has 8 rings (SSSR count). The van der Waals surface area contributed by atoms with Gasteiger partial charge >= 0.3 is 44.8 Å². The SMILES string of the molecule is C[C@H]1CC[C@H](C)[PH+]1CCCC[PH+]1[C@@H](C)CC[C@@H]1C.[Au+].[Au+].[C-]#Cc1ccc2c(c1)Cc1ccccc1-2.[C-]#Cc1ccc2c(c1)Cc1ccccc1-2. The fraction of sp³-hybridized carbons (Fsp3) is 0.391. The van der Waals surface area contributed by atoms with Crippen molar-refractivity contribution in [2.45, 2.75) is 102 Å². The van der Waals surface area contributed by atoms with E-state index in [0.717, 1.165) is 46.6 Å². The molecule has 50 heavy (non-hydrogen) atoms.